The molecule has 5 heteroatoms. The van der Waals surface area contributed by atoms with Crippen molar-refractivity contribution < 1.29 is 4.74 Å². The molecule has 1 heterocycles. The van der Waals surface area contributed by atoms with Gasteiger partial charge in [-0.3, -0.25) is 4.98 Å². The van der Waals surface area contributed by atoms with Crippen LogP contribution in [0.3, 0.4) is 0 Å². The molecule has 0 atom stereocenters. The van der Waals surface area contributed by atoms with E-state index in [1.165, 1.54) is 0 Å². The second-order valence-corrected chi connectivity index (χ2v) is 5.48. The molecule has 20 heavy (non-hydrogen) atoms. The Morgan fingerprint density at radius 2 is 2.00 bits per heavy atom. The number of aromatic nitrogens is 2. The number of thioether (sulfide) groups is 1. The van der Waals surface area contributed by atoms with E-state index in [9.17, 15) is 0 Å². The molecule has 0 unspecified atom stereocenters. The third kappa shape index (κ3) is 4.21. The lowest BCUT2D eigenvalue weighted by Gasteiger charge is -2.09. The van der Waals surface area contributed by atoms with Gasteiger partial charge in [0.1, 0.15) is 5.75 Å². The number of nitrogens with zero attached hydrogens (tertiary/aromatic N) is 2. The lowest BCUT2D eigenvalue weighted by Crippen LogP contribution is -2.22. The summed E-state index contributed by atoms with van der Waals surface area (Å²) in [6.07, 6.45) is 5.43. The van der Waals surface area contributed by atoms with Gasteiger partial charge in [0.05, 0.1) is 18.1 Å². The smallest absolute Gasteiger partial charge is 0.237 e. The Kier molecular flexibility index (Phi) is 5.38. The number of para-hydroxylation sites is 1. The first-order chi connectivity index (χ1) is 9.69. The minimum atomic E-state index is 0.432. The number of hydrogen-bond acceptors (Lipinski definition) is 5. The van der Waals surface area contributed by atoms with Crippen LogP contribution in [-0.2, 0) is 6.54 Å². The van der Waals surface area contributed by atoms with Gasteiger partial charge in [0, 0.05) is 17.5 Å². The van der Waals surface area contributed by atoms with Crippen LogP contribution in [0.2, 0.25) is 0 Å². The van der Waals surface area contributed by atoms with Crippen LogP contribution in [-0.4, -0.2) is 22.3 Å². The lowest BCUT2D eigenvalue weighted by atomic mass is 10.3. The van der Waals surface area contributed by atoms with Crippen LogP contribution < -0.4 is 10.1 Å². The molecule has 1 aromatic heterocycles. The summed E-state index contributed by atoms with van der Waals surface area (Å²) in [5.74, 6) is 1.32. The van der Waals surface area contributed by atoms with Crippen molar-refractivity contribution in [1.82, 2.24) is 15.3 Å². The van der Waals surface area contributed by atoms with Gasteiger partial charge in [-0.2, -0.15) is 0 Å². The summed E-state index contributed by atoms with van der Waals surface area (Å²) in [5, 5.41) is 3.30. The Morgan fingerprint density at radius 3 is 2.65 bits per heavy atom. The molecular weight excluding hydrogens is 270 g/mol. The molecule has 0 spiro atoms. The second-order valence-electron chi connectivity index (χ2n) is 4.63. The zero-order chi connectivity index (χ0) is 14.4. The molecule has 2 aromatic rings. The fourth-order valence-electron chi connectivity index (χ4n) is 1.61. The van der Waals surface area contributed by atoms with Gasteiger partial charge < -0.3 is 10.1 Å². The van der Waals surface area contributed by atoms with Crippen LogP contribution in [0.25, 0.3) is 0 Å². The standard InChI is InChI=1S/C15H19N3OS/c1-11(2)16-8-12-9-18-15(10-17-12)19-13-6-4-5-7-14(13)20-3/h4-7,9-11,16H,8H2,1-3H3. The van der Waals surface area contributed by atoms with E-state index < -0.39 is 0 Å². The molecule has 1 N–H and O–H groups in total. The van der Waals surface area contributed by atoms with Crippen molar-refractivity contribution in [2.75, 3.05) is 6.26 Å². The van der Waals surface area contributed by atoms with E-state index in [4.69, 9.17) is 4.74 Å². The fraction of sp³-hybridized carbons (Fsp3) is 0.333. The van der Waals surface area contributed by atoms with E-state index in [2.05, 4.69) is 29.1 Å². The first kappa shape index (κ1) is 14.8. The quantitative estimate of drug-likeness (QED) is 0.825. The van der Waals surface area contributed by atoms with Gasteiger partial charge in [-0.15, -0.1) is 11.8 Å². The Bertz CT molecular complexity index is 543. The molecule has 0 bridgehead atoms. The third-order valence-electron chi connectivity index (χ3n) is 2.66. The molecule has 0 amide bonds. The highest BCUT2D eigenvalue weighted by Crippen LogP contribution is 2.29. The van der Waals surface area contributed by atoms with E-state index in [1.807, 2.05) is 30.5 Å². The topological polar surface area (TPSA) is 47.0 Å². The predicted octanol–water partition coefficient (Wildman–Crippen LogP) is 3.49. The van der Waals surface area contributed by atoms with E-state index in [-0.39, 0.29) is 0 Å². The molecule has 0 aliphatic carbocycles. The Labute approximate surface area is 124 Å². The molecule has 0 saturated carbocycles. The van der Waals surface area contributed by atoms with Gasteiger partial charge in [-0.1, -0.05) is 26.0 Å². The highest BCUT2D eigenvalue weighted by Gasteiger charge is 2.05. The van der Waals surface area contributed by atoms with Gasteiger partial charge in [0.2, 0.25) is 5.88 Å². The maximum absolute atomic E-state index is 5.77. The van der Waals surface area contributed by atoms with Gasteiger partial charge in [-0.05, 0) is 18.4 Å². The fourth-order valence-corrected chi connectivity index (χ4v) is 2.14. The van der Waals surface area contributed by atoms with Crippen LogP contribution in [0, 0.1) is 0 Å². The molecule has 4 nitrogen and oxygen atoms in total. The summed E-state index contributed by atoms with van der Waals surface area (Å²) in [5.41, 5.74) is 0.907. The molecule has 0 aliphatic rings. The number of benzene rings is 1. The van der Waals surface area contributed by atoms with E-state index >= 15 is 0 Å². The zero-order valence-corrected chi connectivity index (χ0v) is 12.8. The van der Waals surface area contributed by atoms with Gasteiger partial charge >= 0.3 is 0 Å². The monoisotopic (exact) mass is 289 g/mol. The van der Waals surface area contributed by atoms with Crippen molar-refractivity contribution in [2.24, 2.45) is 0 Å². The molecule has 0 saturated heterocycles. The molecule has 2 rings (SSSR count). The molecular formula is C15H19N3OS. The van der Waals surface area contributed by atoms with E-state index in [0.29, 0.717) is 18.5 Å². The van der Waals surface area contributed by atoms with E-state index in [0.717, 1.165) is 16.3 Å². The number of ether oxygens (including phenoxy) is 1. The summed E-state index contributed by atoms with van der Waals surface area (Å²) >= 11 is 1.65. The number of nitrogens with one attached hydrogen (secondary N) is 1. The van der Waals surface area contributed by atoms with Crippen LogP contribution >= 0.6 is 11.8 Å². The average molecular weight is 289 g/mol. The lowest BCUT2D eigenvalue weighted by molar-refractivity contribution is 0.448. The highest BCUT2D eigenvalue weighted by molar-refractivity contribution is 7.98. The Balaban J connectivity index is 2.03. The minimum Gasteiger partial charge on any atom is -0.436 e. The van der Waals surface area contributed by atoms with Crippen LogP contribution in [0.4, 0.5) is 0 Å². The van der Waals surface area contributed by atoms with Gasteiger partial charge in [0.25, 0.3) is 0 Å². The molecule has 1 aromatic carbocycles. The number of rotatable bonds is 6. The molecule has 0 radical (unpaired) electrons. The summed E-state index contributed by atoms with van der Waals surface area (Å²) in [4.78, 5) is 9.72. The second kappa shape index (κ2) is 7.26. The predicted molar refractivity (Wildman–Crippen MR) is 82.3 cm³/mol. The minimum absolute atomic E-state index is 0.432. The van der Waals surface area contributed by atoms with Gasteiger partial charge in [-0.25, -0.2) is 4.98 Å². The number of hydrogen-bond donors (Lipinski definition) is 1. The van der Waals surface area contributed by atoms with Crippen molar-refractivity contribution in [3.63, 3.8) is 0 Å². The van der Waals surface area contributed by atoms with Crippen LogP contribution in [0.1, 0.15) is 19.5 Å². The maximum Gasteiger partial charge on any atom is 0.237 e. The third-order valence-corrected chi connectivity index (χ3v) is 3.43. The van der Waals surface area contributed by atoms with Crippen molar-refractivity contribution in [2.45, 2.75) is 31.3 Å². The van der Waals surface area contributed by atoms with Crippen molar-refractivity contribution in [3.05, 3.63) is 42.4 Å². The van der Waals surface area contributed by atoms with E-state index in [1.54, 1.807) is 24.2 Å². The molecule has 0 fully saturated rings. The van der Waals surface area contributed by atoms with Crippen molar-refractivity contribution in [1.29, 1.82) is 0 Å². The highest BCUT2D eigenvalue weighted by atomic mass is 32.2. The van der Waals surface area contributed by atoms with Crippen molar-refractivity contribution >= 4 is 11.8 Å². The summed E-state index contributed by atoms with van der Waals surface area (Å²) in [6.45, 7) is 4.92. The molecule has 106 valence electrons. The summed E-state index contributed by atoms with van der Waals surface area (Å²) in [6, 6.07) is 8.33. The summed E-state index contributed by atoms with van der Waals surface area (Å²) in [7, 11) is 0. The normalized spacial score (nSPS) is 10.8. The zero-order valence-electron chi connectivity index (χ0n) is 12.0. The summed E-state index contributed by atoms with van der Waals surface area (Å²) < 4.78 is 5.77. The van der Waals surface area contributed by atoms with Crippen LogP contribution in [0.15, 0.2) is 41.6 Å². The van der Waals surface area contributed by atoms with Crippen molar-refractivity contribution in [3.8, 4) is 11.6 Å². The molecule has 0 aliphatic heterocycles. The Hall–Kier alpha value is -1.59. The first-order valence-electron chi connectivity index (χ1n) is 6.54. The maximum atomic E-state index is 5.77. The van der Waals surface area contributed by atoms with Gasteiger partial charge in [0.15, 0.2) is 0 Å². The first-order valence-corrected chi connectivity index (χ1v) is 7.76. The Morgan fingerprint density at radius 1 is 1.20 bits per heavy atom. The largest absolute Gasteiger partial charge is 0.436 e. The van der Waals surface area contributed by atoms with Crippen LogP contribution in [0.5, 0.6) is 11.6 Å². The average Bonchev–Trinajstić information content (AvgIpc) is 2.47. The SMILES string of the molecule is CSc1ccccc1Oc1cnc(CNC(C)C)cn1.